The number of benzene rings is 1. The first kappa shape index (κ1) is 14.6. The minimum absolute atomic E-state index is 0.428. The fourth-order valence-corrected chi connectivity index (χ4v) is 2.65. The van der Waals surface area contributed by atoms with E-state index >= 15 is 0 Å². The minimum Gasteiger partial charge on any atom is -0.356 e. The van der Waals surface area contributed by atoms with Crippen molar-refractivity contribution in [2.45, 2.75) is 33.4 Å². The maximum Gasteiger partial charge on any atom is 0.223 e. The third-order valence-corrected chi connectivity index (χ3v) is 3.70. The van der Waals surface area contributed by atoms with Crippen LogP contribution in [0, 0.1) is 6.92 Å². The van der Waals surface area contributed by atoms with E-state index in [-0.39, 0.29) is 0 Å². The number of nitrogens with zero attached hydrogens (tertiary/aromatic N) is 4. The molecule has 1 aromatic heterocycles. The number of hydrogen-bond acceptors (Lipinski definition) is 4. The molecule has 3 rings (SSSR count). The van der Waals surface area contributed by atoms with Crippen molar-refractivity contribution in [2.75, 3.05) is 13.1 Å². The molecule has 6 nitrogen and oxygen atoms in total. The fraction of sp³-hybridized carbons (Fsp3) is 0.438. The number of aliphatic imine (C=N–C) groups is 1. The molecule has 1 aliphatic rings. The van der Waals surface area contributed by atoms with Gasteiger partial charge in [0.1, 0.15) is 6.54 Å². The Morgan fingerprint density at radius 3 is 2.91 bits per heavy atom. The van der Waals surface area contributed by atoms with Crippen LogP contribution < -0.4 is 5.32 Å². The van der Waals surface area contributed by atoms with Crippen molar-refractivity contribution in [1.82, 2.24) is 20.4 Å². The average Bonchev–Trinajstić information content (AvgIpc) is 2.96. The lowest BCUT2D eigenvalue weighted by atomic mass is 10.0. The second-order valence-electron chi connectivity index (χ2n) is 5.34. The van der Waals surface area contributed by atoms with Crippen molar-refractivity contribution in [2.24, 2.45) is 4.99 Å². The van der Waals surface area contributed by atoms with Crippen molar-refractivity contribution < 1.29 is 4.52 Å². The molecule has 0 spiro atoms. The van der Waals surface area contributed by atoms with Gasteiger partial charge in [-0.3, -0.25) is 0 Å². The molecule has 116 valence electrons. The lowest BCUT2D eigenvalue weighted by Crippen LogP contribution is -2.44. The van der Waals surface area contributed by atoms with Gasteiger partial charge in [0, 0.05) is 26.6 Å². The molecular weight excluding hydrogens is 278 g/mol. The van der Waals surface area contributed by atoms with Gasteiger partial charge in [-0.05, 0) is 24.5 Å². The summed E-state index contributed by atoms with van der Waals surface area (Å²) in [5, 5.41) is 7.24. The van der Waals surface area contributed by atoms with E-state index in [1.54, 1.807) is 6.92 Å². The Morgan fingerprint density at radius 1 is 1.36 bits per heavy atom. The highest BCUT2D eigenvalue weighted by molar-refractivity contribution is 5.80. The summed E-state index contributed by atoms with van der Waals surface area (Å²) in [4.78, 5) is 11.1. The summed E-state index contributed by atoms with van der Waals surface area (Å²) < 4.78 is 4.98. The second kappa shape index (κ2) is 6.60. The van der Waals surface area contributed by atoms with E-state index in [9.17, 15) is 0 Å². The summed E-state index contributed by atoms with van der Waals surface area (Å²) in [6.07, 6.45) is 1.04. The molecule has 0 radical (unpaired) electrons. The van der Waals surface area contributed by atoms with E-state index < -0.39 is 0 Å². The smallest absolute Gasteiger partial charge is 0.223 e. The Bertz CT molecular complexity index is 664. The summed E-state index contributed by atoms with van der Waals surface area (Å²) >= 11 is 0. The van der Waals surface area contributed by atoms with E-state index in [1.165, 1.54) is 11.1 Å². The van der Waals surface area contributed by atoms with Crippen molar-refractivity contribution >= 4 is 5.96 Å². The molecule has 0 bridgehead atoms. The van der Waals surface area contributed by atoms with Gasteiger partial charge in [-0.2, -0.15) is 4.98 Å². The third-order valence-electron chi connectivity index (χ3n) is 3.70. The molecule has 2 heterocycles. The maximum absolute atomic E-state index is 4.98. The Balaban J connectivity index is 1.74. The van der Waals surface area contributed by atoms with Crippen LogP contribution in [0.2, 0.25) is 0 Å². The van der Waals surface area contributed by atoms with E-state index in [4.69, 9.17) is 4.52 Å². The number of aromatic nitrogens is 2. The molecule has 1 aromatic carbocycles. The van der Waals surface area contributed by atoms with Gasteiger partial charge in [0.2, 0.25) is 5.89 Å². The van der Waals surface area contributed by atoms with Crippen molar-refractivity contribution in [3.63, 3.8) is 0 Å². The van der Waals surface area contributed by atoms with Crippen molar-refractivity contribution in [3.8, 4) is 0 Å². The molecule has 1 aliphatic heterocycles. The van der Waals surface area contributed by atoms with Crippen LogP contribution in [0.3, 0.4) is 0 Å². The summed E-state index contributed by atoms with van der Waals surface area (Å²) in [6, 6.07) is 8.59. The predicted octanol–water partition coefficient (Wildman–Crippen LogP) is 1.90. The van der Waals surface area contributed by atoms with Gasteiger partial charge in [-0.25, -0.2) is 4.99 Å². The highest BCUT2D eigenvalue weighted by Gasteiger charge is 2.18. The highest BCUT2D eigenvalue weighted by Crippen LogP contribution is 2.18. The van der Waals surface area contributed by atoms with E-state index in [2.05, 4.69) is 56.5 Å². The Labute approximate surface area is 130 Å². The SMILES string of the molecule is CCNC(=NCc1noc(C)n1)N1CCc2ccccc2C1. The van der Waals surface area contributed by atoms with Gasteiger partial charge >= 0.3 is 0 Å². The fourth-order valence-electron chi connectivity index (χ4n) is 2.65. The normalized spacial score (nSPS) is 14.8. The molecule has 6 heteroatoms. The topological polar surface area (TPSA) is 66.5 Å². The second-order valence-corrected chi connectivity index (χ2v) is 5.34. The molecule has 0 atom stereocenters. The van der Waals surface area contributed by atoms with Gasteiger partial charge in [0.15, 0.2) is 11.8 Å². The molecule has 0 saturated heterocycles. The minimum atomic E-state index is 0.428. The monoisotopic (exact) mass is 299 g/mol. The van der Waals surface area contributed by atoms with Crippen LogP contribution in [-0.4, -0.2) is 34.1 Å². The summed E-state index contributed by atoms with van der Waals surface area (Å²) in [7, 11) is 0. The number of nitrogens with one attached hydrogen (secondary N) is 1. The summed E-state index contributed by atoms with van der Waals surface area (Å²) in [5.41, 5.74) is 2.80. The number of guanidine groups is 1. The first-order valence-corrected chi connectivity index (χ1v) is 7.65. The number of fused-ring (bicyclic) bond motifs is 1. The molecule has 22 heavy (non-hydrogen) atoms. The largest absolute Gasteiger partial charge is 0.356 e. The Kier molecular flexibility index (Phi) is 4.37. The summed E-state index contributed by atoms with van der Waals surface area (Å²) in [5.74, 6) is 2.09. The van der Waals surface area contributed by atoms with Crippen LogP contribution in [0.25, 0.3) is 0 Å². The van der Waals surface area contributed by atoms with E-state index in [0.717, 1.165) is 32.0 Å². The van der Waals surface area contributed by atoms with Gasteiger partial charge < -0.3 is 14.7 Å². The summed E-state index contributed by atoms with van der Waals surface area (Å²) in [6.45, 7) is 6.97. The number of hydrogen-bond donors (Lipinski definition) is 1. The van der Waals surface area contributed by atoms with Crippen molar-refractivity contribution in [1.29, 1.82) is 0 Å². The maximum atomic E-state index is 4.98. The van der Waals surface area contributed by atoms with Crippen LogP contribution in [0.5, 0.6) is 0 Å². The molecule has 0 saturated carbocycles. The zero-order valence-electron chi connectivity index (χ0n) is 13.0. The Hall–Kier alpha value is -2.37. The lowest BCUT2D eigenvalue weighted by Gasteiger charge is -2.31. The highest BCUT2D eigenvalue weighted by atomic mass is 16.5. The van der Waals surface area contributed by atoms with Crippen molar-refractivity contribution in [3.05, 3.63) is 47.1 Å². The van der Waals surface area contributed by atoms with Gasteiger partial charge in [0.25, 0.3) is 0 Å². The Morgan fingerprint density at radius 2 is 2.18 bits per heavy atom. The van der Waals surface area contributed by atoms with Crippen LogP contribution in [0.15, 0.2) is 33.8 Å². The molecule has 0 aliphatic carbocycles. The van der Waals surface area contributed by atoms with Crippen LogP contribution in [-0.2, 0) is 19.5 Å². The zero-order valence-corrected chi connectivity index (χ0v) is 13.0. The molecule has 0 amide bonds. The van der Waals surface area contributed by atoms with Gasteiger partial charge in [-0.15, -0.1) is 0 Å². The first-order valence-electron chi connectivity index (χ1n) is 7.65. The molecule has 0 fully saturated rings. The van der Waals surface area contributed by atoms with E-state index in [0.29, 0.717) is 18.3 Å². The molecular formula is C16H21N5O. The quantitative estimate of drug-likeness (QED) is 0.692. The van der Waals surface area contributed by atoms with Crippen LogP contribution in [0.1, 0.15) is 29.8 Å². The molecule has 1 N–H and O–H groups in total. The van der Waals surface area contributed by atoms with Crippen LogP contribution in [0.4, 0.5) is 0 Å². The average molecular weight is 299 g/mol. The van der Waals surface area contributed by atoms with Gasteiger partial charge in [-0.1, -0.05) is 29.4 Å². The van der Waals surface area contributed by atoms with E-state index in [1.807, 2.05) is 0 Å². The lowest BCUT2D eigenvalue weighted by molar-refractivity contribution is 0.376. The number of aryl methyl sites for hydroxylation is 1. The van der Waals surface area contributed by atoms with Gasteiger partial charge in [0.05, 0.1) is 0 Å². The standard InChI is InChI=1S/C16H21N5O/c1-3-17-16(18-10-15-19-12(2)22-20-15)21-9-8-13-6-4-5-7-14(13)11-21/h4-7H,3,8-11H2,1-2H3,(H,17,18). The predicted molar refractivity (Wildman–Crippen MR) is 84.4 cm³/mol. The molecule has 0 unspecified atom stereocenters. The zero-order chi connectivity index (χ0) is 15.4. The first-order chi connectivity index (χ1) is 10.8. The number of rotatable bonds is 3. The van der Waals surface area contributed by atoms with Crippen LogP contribution >= 0.6 is 0 Å². The molecule has 2 aromatic rings. The third kappa shape index (κ3) is 3.27.